The Morgan fingerprint density at radius 2 is 2.00 bits per heavy atom. The number of hydrogen-bond donors (Lipinski definition) is 0. The van der Waals surface area contributed by atoms with Crippen LogP contribution in [0.1, 0.15) is 50.7 Å². The molecule has 0 saturated heterocycles. The number of carbonyl (C=O) groups is 2. The molecule has 0 N–H and O–H groups in total. The van der Waals surface area contributed by atoms with Crippen LogP contribution in [-0.4, -0.2) is 31.8 Å². The van der Waals surface area contributed by atoms with Gasteiger partial charge in [-0.15, -0.1) is 0 Å². The lowest BCUT2D eigenvalue weighted by Crippen LogP contribution is -2.05. The van der Waals surface area contributed by atoms with E-state index in [1.165, 1.54) is 0 Å². The van der Waals surface area contributed by atoms with Gasteiger partial charge >= 0.3 is 11.9 Å². The second kappa shape index (κ2) is 9.87. The monoisotopic (exact) mass is 346 g/mol. The zero-order valence-electron chi connectivity index (χ0n) is 15.0. The number of carbonyl (C=O) groups excluding carboxylic acids is 2. The largest absolute Gasteiger partial charge is 0.493 e. The van der Waals surface area contributed by atoms with Crippen molar-refractivity contribution in [3.63, 3.8) is 0 Å². The van der Waals surface area contributed by atoms with Crippen molar-refractivity contribution in [2.75, 3.05) is 19.8 Å². The number of ether oxygens (including phenoxy) is 3. The number of rotatable bonds is 7. The first kappa shape index (κ1) is 19.0. The van der Waals surface area contributed by atoms with Crippen LogP contribution >= 0.6 is 0 Å². The van der Waals surface area contributed by atoms with Crippen LogP contribution in [0.5, 0.6) is 5.75 Å². The fourth-order valence-electron chi connectivity index (χ4n) is 2.97. The van der Waals surface area contributed by atoms with Crippen molar-refractivity contribution in [2.45, 2.75) is 46.0 Å². The fourth-order valence-corrected chi connectivity index (χ4v) is 2.97. The van der Waals surface area contributed by atoms with E-state index in [2.05, 4.69) is 0 Å². The molecule has 136 valence electrons. The highest BCUT2D eigenvalue weighted by atomic mass is 16.5. The summed E-state index contributed by atoms with van der Waals surface area (Å²) in [5.41, 5.74) is 2.99. The van der Waals surface area contributed by atoms with E-state index < -0.39 is 0 Å². The van der Waals surface area contributed by atoms with Crippen molar-refractivity contribution < 1.29 is 23.8 Å². The Morgan fingerprint density at radius 1 is 1.20 bits per heavy atom. The molecule has 0 saturated carbocycles. The third kappa shape index (κ3) is 5.62. The molecule has 0 aromatic heterocycles. The molecule has 0 amide bonds. The van der Waals surface area contributed by atoms with Gasteiger partial charge in [-0.1, -0.05) is 12.1 Å². The highest BCUT2D eigenvalue weighted by molar-refractivity contribution is 5.93. The zero-order chi connectivity index (χ0) is 18.1. The summed E-state index contributed by atoms with van der Waals surface area (Å²) in [5, 5.41) is 0. The van der Waals surface area contributed by atoms with E-state index in [1.807, 2.05) is 18.2 Å². The minimum atomic E-state index is -0.327. The Bertz CT molecular complexity index is 633. The molecule has 1 aromatic carbocycles. The van der Waals surface area contributed by atoms with Gasteiger partial charge in [-0.3, -0.25) is 4.79 Å². The van der Waals surface area contributed by atoms with Crippen molar-refractivity contribution in [1.29, 1.82) is 0 Å². The van der Waals surface area contributed by atoms with Gasteiger partial charge in [0.2, 0.25) is 0 Å². The minimum Gasteiger partial charge on any atom is -0.493 e. The maximum Gasteiger partial charge on any atom is 0.331 e. The Hall–Kier alpha value is -2.30. The minimum absolute atomic E-state index is 0.178. The van der Waals surface area contributed by atoms with E-state index in [9.17, 15) is 9.59 Å². The van der Waals surface area contributed by atoms with Gasteiger partial charge in [0.15, 0.2) is 0 Å². The van der Waals surface area contributed by atoms with E-state index in [1.54, 1.807) is 19.9 Å². The number of aryl methyl sites for hydroxylation is 1. The smallest absolute Gasteiger partial charge is 0.331 e. The second-order valence-electron chi connectivity index (χ2n) is 5.82. The normalized spacial score (nSPS) is 15.0. The number of benzene rings is 1. The molecular weight excluding hydrogens is 320 g/mol. The number of fused-ring (bicyclic) bond motifs is 1. The lowest BCUT2D eigenvalue weighted by atomic mass is 9.93. The summed E-state index contributed by atoms with van der Waals surface area (Å²) >= 11 is 0. The SMILES string of the molecule is CCOC(=O)/C=C1\CCCOc2cccc(CCCC(=O)OCC)c21. The molecule has 0 aliphatic carbocycles. The van der Waals surface area contributed by atoms with Gasteiger partial charge in [-0.25, -0.2) is 4.79 Å². The Balaban J connectivity index is 2.21. The highest BCUT2D eigenvalue weighted by Crippen LogP contribution is 2.35. The van der Waals surface area contributed by atoms with Gasteiger partial charge in [0, 0.05) is 18.1 Å². The van der Waals surface area contributed by atoms with Crippen LogP contribution in [0, 0.1) is 0 Å². The molecule has 5 nitrogen and oxygen atoms in total. The van der Waals surface area contributed by atoms with E-state index in [0.717, 1.165) is 41.7 Å². The van der Waals surface area contributed by atoms with Gasteiger partial charge in [-0.05, 0) is 56.7 Å². The maximum atomic E-state index is 11.9. The average Bonchev–Trinajstić information content (AvgIpc) is 2.78. The molecule has 0 atom stereocenters. The number of esters is 2. The predicted octanol–water partition coefficient (Wildman–Crippen LogP) is 3.69. The Labute approximate surface area is 149 Å². The number of allylic oxidation sites excluding steroid dienone is 1. The molecule has 1 aliphatic heterocycles. The summed E-state index contributed by atoms with van der Waals surface area (Å²) in [6.45, 7) is 4.98. The topological polar surface area (TPSA) is 61.8 Å². The first-order chi connectivity index (χ1) is 12.2. The van der Waals surface area contributed by atoms with Crippen molar-refractivity contribution in [3.05, 3.63) is 35.4 Å². The van der Waals surface area contributed by atoms with Crippen molar-refractivity contribution in [1.82, 2.24) is 0 Å². The summed E-state index contributed by atoms with van der Waals surface area (Å²) in [6.07, 6.45) is 5.00. The molecular formula is C20H26O5. The lowest BCUT2D eigenvalue weighted by molar-refractivity contribution is -0.143. The third-order valence-electron chi connectivity index (χ3n) is 3.99. The standard InChI is InChI=1S/C20H26O5/c1-3-23-18(21)12-6-9-15-8-5-11-17-20(15)16(10-7-13-25-17)14-19(22)24-4-2/h5,8,11,14H,3-4,6-7,9-10,12-13H2,1-2H3/b16-14+. The number of hydrogen-bond acceptors (Lipinski definition) is 5. The molecule has 2 rings (SSSR count). The van der Waals surface area contributed by atoms with Crippen LogP contribution in [0.4, 0.5) is 0 Å². The molecule has 0 bridgehead atoms. The Morgan fingerprint density at radius 3 is 2.76 bits per heavy atom. The molecule has 0 radical (unpaired) electrons. The van der Waals surface area contributed by atoms with E-state index in [4.69, 9.17) is 14.2 Å². The summed E-state index contributed by atoms with van der Waals surface area (Å²) in [5.74, 6) is 0.288. The fraction of sp³-hybridized carbons (Fsp3) is 0.500. The van der Waals surface area contributed by atoms with Gasteiger partial charge in [-0.2, -0.15) is 0 Å². The van der Waals surface area contributed by atoms with Crippen LogP contribution in [0.3, 0.4) is 0 Å². The molecule has 1 heterocycles. The van der Waals surface area contributed by atoms with Crippen LogP contribution in [-0.2, 0) is 25.5 Å². The molecule has 0 spiro atoms. The summed E-state index contributed by atoms with van der Waals surface area (Å²) in [7, 11) is 0. The second-order valence-corrected chi connectivity index (χ2v) is 5.82. The molecule has 1 aromatic rings. The van der Waals surface area contributed by atoms with Gasteiger partial charge in [0.05, 0.1) is 19.8 Å². The summed E-state index contributed by atoms with van der Waals surface area (Å²) < 4.78 is 15.9. The van der Waals surface area contributed by atoms with E-state index in [-0.39, 0.29) is 11.9 Å². The van der Waals surface area contributed by atoms with E-state index in [0.29, 0.717) is 32.7 Å². The van der Waals surface area contributed by atoms with Crippen molar-refractivity contribution >= 4 is 17.5 Å². The van der Waals surface area contributed by atoms with Crippen molar-refractivity contribution in [2.24, 2.45) is 0 Å². The van der Waals surface area contributed by atoms with Crippen LogP contribution in [0.2, 0.25) is 0 Å². The molecule has 25 heavy (non-hydrogen) atoms. The predicted molar refractivity (Wildman–Crippen MR) is 95.4 cm³/mol. The average molecular weight is 346 g/mol. The van der Waals surface area contributed by atoms with Gasteiger partial charge < -0.3 is 14.2 Å². The maximum absolute atomic E-state index is 11.9. The van der Waals surface area contributed by atoms with E-state index >= 15 is 0 Å². The van der Waals surface area contributed by atoms with Gasteiger partial charge in [0.1, 0.15) is 5.75 Å². The lowest BCUT2D eigenvalue weighted by Gasteiger charge is -2.14. The summed E-state index contributed by atoms with van der Waals surface area (Å²) in [4.78, 5) is 23.5. The Kier molecular flexibility index (Phi) is 7.51. The van der Waals surface area contributed by atoms with Crippen LogP contribution in [0.15, 0.2) is 24.3 Å². The van der Waals surface area contributed by atoms with Crippen LogP contribution in [0.25, 0.3) is 5.57 Å². The van der Waals surface area contributed by atoms with Gasteiger partial charge in [0.25, 0.3) is 0 Å². The quantitative estimate of drug-likeness (QED) is 0.556. The summed E-state index contributed by atoms with van der Waals surface area (Å²) in [6, 6.07) is 5.90. The van der Waals surface area contributed by atoms with Crippen LogP contribution < -0.4 is 4.74 Å². The zero-order valence-corrected chi connectivity index (χ0v) is 15.0. The first-order valence-corrected chi connectivity index (χ1v) is 8.93. The third-order valence-corrected chi connectivity index (χ3v) is 3.99. The first-order valence-electron chi connectivity index (χ1n) is 8.93. The highest BCUT2D eigenvalue weighted by Gasteiger charge is 2.19. The molecule has 5 heteroatoms. The molecule has 1 aliphatic rings. The van der Waals surface area contributed by atoms with Crippen molar-refractivity contribution in [3.8, 4) is 5.75 Å². The molecule has 0 fully saturated rings. The molecule has 0 unspecified atom stereocenters.